The molecule has 0 aliphatic carbocycles. The number of piperidine rings is 1. The number of benzene rings is 2. The van der Waals surface area contributed by atoms with Gasteiger partial charge in [0.2, 0.25) is 0 Å². The van der Waals surface area contributed by atoms with E-state index in [9.17, 15) is 14.7 Å². The fourth-order valence-electron chi connectivity index (χ4n) is 6.05. The second kappa shape index (κ2) is 8.68. The van der Waals surface area contributed by atoms with Crippen LogP contribution >= 0.6 is 0 Å². The van der Waals surface area contributed by atoms with Crippen molar-refractivity contribution in [2.45, 2.75) is 32.4 Å². The third-order valence-corrected chi connectivity index (χ3v) is 7.73. The fourth-order valence-corrected chi connectivity index (χ4v) is 6.05. The van der Waals surface area contributed by atoms with Gasteiger partial charge >= 0.3 is 5.63 Å². The van der Waals surface area contributed by atoms with Gasteiger partial charge in [-0.05, 0) is 60.7 Å². The molecular weight excluding hydrogens is 456 g/mol. The minimum Gasteiger partial charge on any atom is -0.507 e. The first-order chi connectivity index (χ1) is 17.4. The van der Waals surface area contributed by atoms with Gasteiger partial charge in [0.15, 0.2) is 0 Å². The zero-order chi connectivity index (χ0) is 25.0. The maximum Gasteiger partial charge on any atom is 0.344 e. The highest BCUT2D eigenvalue weighted by molar-refractivity contribution is 5.89. The van der Waals surface area contributed by atoms with Gasteiger partial charge in [-0.1, -0.05) is 18.2 Å². The highest BCUT2D eigenvalue weighted by Crippen LogP contribution is 2.38. The van der Waals surface area contributed by atoms with Gasteiger partial charge in [-0.15, -0.1) is 0 Å². The lowest BCUT2D eigenvalue weighted by molar-refractivity contribution is 0.113. The second-order valence-corrected chi connectivity index (χ2v) is 9.95. The number of nitrogens with zero attached hydrogens (tertiary/aromatic N) is 2. The molecule has 36 heavy (non-hydrogen) atoms. The van der Waals surface area contributed by atoms with E-state index in [1.807, 2.05) is 54.0 Å². The van der Waals surface area contributed by atoms with E-state index >= 15 is 0 Å². The predicted molar refractivity (Wildman–Crippen MR) is 138 cm³/mol. The molecule has 0 unspecified atom stereocenters. The third kappa shape index (κ3) is 3.71. The molecule has 6 rings (SSSR count). The van der Waals surface area contributed by atoms with Crippen molar-refractivity contribution in [1.29, 1.82) is 0 Å². The number of fused-ring (bicyclic) bond motifs is 5. The number of phenolic OH excluding ortho intramolecular Hbond substituents is 1. The summed E-state index contributed by atoms with van der Waals surface area (Å²) in [6.07, 6.45) is 1.06. The Kier molecular flexibility index (Phi) is 5.45. The second-order valence-electron chi connectivity index (χ2n) is 9.95. The molecule has 0 amide bonds. The Hall–Kier alpha value is -3.84. The summed E-state index contributed by atoms with van der Waals surface area (Å²) in [7, 11) is 1.60. The summed E-state index contributed by atoms with van der Waals surface area (Å²) in [5.74, 6) is 1.46. The Morgan fingerprint density at radius 1 is 1.03 bits per heavy atom. The highest BCUT2D eigenvalue weighted by Gasteiger charge is 2.35. The summed E-state index contributed by atoms with van der Waals surface area (Å²) in [6.45, 7) is 4.70. The summed E-state index contributed by atoms with van der Waals surface area (Å²) in [4.78, 5) is 27.8. The molecule has 1 fully saturated rings. The molecule has 1 N–H and O–H groups in total. The van der Waals surface area contributed by atoms with Gasteiger partial charge in [0.1, 0.15) is 17.1 Å². The molecule has 2 atom stereocenters. The van der Waals surface area contributed by atoms with Crippen LogP contribution in [-0.2, 0) is 13.1 Å². The van der Waals surface area contributed by atoms with Crippen molar-refractivity contribution in [1.82, 2.24) is 9.47 Å². The lowest BCUT2D eigenvalue weighted by Gasteiger charge is -2.42. The SMILES string of the molecule is COc1ccc(-c2c(C)c3ccc(O)c(CN4C[C@H]5C[C@H](C4)c4cccc(=O)n4C5)c3oc2=O)cc1. The fraction of sp³-hybridized carbons (Fsp3) is 0.310. The normalized spacial score (nSPS) is 19.3. The monoisotopic (exact) mass is 484 g/mol. The lowest BCUT2D eigenvalue weighted by Crippen LogP contribution is -2.46. The average Bonchev–Trinajstić information content (AvgIpc) is 2.87. The molecule has 184 valence electrons. The first kappa shape index (κ1) is 22.6. The maximum atomic E-state index is 13.2. The number of pyridine rings is 1. The molecule has 4 aromatic rings. The van der Waals surface area contributed by atoms with Crippen molar-refractivity contribution in [3.8, 4) is 22.6 Å². The number of methoxy groups -OCH3 is 1. The number of aromatic nitrogens is 1. The van der Waals surface area contributed by atoms with Gasteiger partial charge in [-0.25, -0.2) is 4.79 Å². The van der Waals surface area contributed by atoms with Crippen molar-refractivity contribution in [2.75, 3.05) is 20.2 Å². The topological polar surface area (TPSA) is 84.9 Å². The van der Waals surface area contributed by atoms with Crippen LogP contribution < -0.4 is 15.9 Å². The Labute approximate surface area is 208 Å². The van der Waals surface area contributed by atoms with Crippen LogP contribution in [0.5, 0.6) is 11.5 Å². The van der Waals surface area contributed by atoms with E-state index in [-0.39, 0.29) is 17.2 Å². The molecule has 0 spiro atoms. The average molecular weight is 485 g/mol. The van der Waals surface area contributed by atoms with Crippen molar-refractivity contribution >= 4 is 11.0 Å². The summed E-state index contributed by atoms with van der Waals surface area (Å²) >= 11 is 0. The number of hydrogen-bond donors (Lipinski definition) is 1. The Bertz CT molecular complexity index is 1580. The zero-order valence-electron chi connectivity index (χ0n) is 20.4. The molecular formula is C29H28N2O5. The van der Waals surface area contributed by atoms with E-state index in [2.05, 4.69) is 4.90 Å². The van der Waals surface area contributed by atoms with Crippen molar-refractivity contribution in [3.63, 3.8) is 0 Å². The van der Waals surface area contributed by atoms with Gasteiger partial charge in [0, 0.05) is 49.2 Å². The number of rotatable bonds is 4. The van der Waals surface area contributed by atoms with E-state index in [0.29, 0.717) is 41.5 Å². The van der Waals surface area contributed by atoms with Crippen LogP contribution in [0.25, 0.3) is 22.1 Å². The first-order valence-electron chi connectivity index (χ1n) is 12.3. The summed E-state index contributed by atoms with van der Waals surface area (Å²) in [5.41, 5.74) is 3.86. The molecule has 2 aliphatic heterocycles. The van der Waals surface area contributed by atoms with E-state index in [0.717, 1.165) is 41.7 Å². The molecule has 0 saturated carbocycles. The Morgan fingerprint density at radius 2 is 1.83 bits per heavy atom. The zero-order valence-corrected chi connectivity index (χ0v) is 20.4. The lowest BCUT2D eigenvalue weighted by atomic mass is 9.83. The van der Waals surface area contributed by atoms with Crippen LogP contribution in [-0.4, -0.2) is 34.8 Å². The smallest absolute Gasteiger partial charge is 0.344 e. The molecule has 4 heterocycles. The molecule has 2 bridgehead atoms. The first-order valence-corrected chi connectivity index (χ1v) is 12.3. The quantitative estimate of drug-likeness (QED) is 0.436. The molecule has 2 aromatic heterocycles. The Morgan fingerprint density at radius 3 is 2.61 bits per heavy atom. The molecule has 0 radical (unpaired) electrons. The van der Waals surface area contributed by atoms with Gasteiger partial charge in [0.25, 0.3) is 5.56 Å². The standard InChI is InChI=1S/C29H28N2O5/c1-17-22-10-11-25(32)23(28(22)36-29(34)27(17)19-6-8-21(35-2)9-7-19)16-30-13-18-12-20(15-30)24-4-3-5-26(33)31(24)14-18/h3-11,18,20,32H,12-16H2,1-2H3/t18-,20-/m1/s1. The minimum atomic E-state index is -0.430. The number of likely N-dealkylation sites (tertiary alicyclic amines) is 1. The van der Waals surface area contributed by atoms with Gasteiger partial charge < -0.3 is 18.8 Å². The largest absolute Gasteiger partial charge is 0.507 e. The molecule has 1 saturated heterocycles. The number of aryl methyl sites for hydroxylation is 1. The van der Waals surface area contributed by atoms with Gasteiger partial charge in [0.05, 0.1) is 18.2 Å². The van der Waals surface area contributed by atoms with Crippen LogP contribution in [0.15, 0.2) is 68.6 Å². The van der Waals surface area contributed by atoms with E-state index < -0.39 is 5.63 Å². The van der Waals surface area contributed by atoms with Crippen LogP contribution in [0.3, 0.4) is 0 Å². The number of hydrogen-bond acceptors (Lipinski definition) is 6. The van der Waals surface area contributed by atoms with Crippen molar-refractivity contribution in [2.24, 2.45) is 5.92 Å². The van der Waals surface area contributed by atoms with Crippen LogP contribution in [0.1, 0.15) is 29.2 Å². The highest BCUT2D eigenvalue weighted by atomic mass is 16.5. The third-order valence-electron chi connectivity index (χ3n) is 7.73. The van der Waals surface area contributed by atoms with Crippen LogP contribution in [0.2, 0.25) is 0 Å². The summed E-state index contributed by atoms with van der Waals surface area (Å²) < 4.78 is 13.0. The molecule has 7 nitrogen and oxygen atoms in total. The van der Waals surface area contributed by atoms with Gasteiger partial charge in [-0.2, -0.15) is 0 Å². The van der Waals surface area contributed by atoms with E-state index in [4.69, 9.17) is 9.15 Å². The maximum absolute atomic E-state index is 13.2. The number of aromatic hydroxyl groups is 1. The van der Waals surface area contributed by atoms with Crippen LogP contribution in [0.4, 0.5) is 0 Å². The molecule has 7 heteroatoms. The van der Waals surface area contributed by atoms with Gasteiger partial charge in [-0.3, -0.25) is 9.69 Å². The predicted octanol–water partition coefficient (Wildman–Crippen LogP) is 4.26. The molecule has 2 aliphatic rings. The Balaban J connectivity index is 1.37. The molecule has 2 aromatic carbocycles. The summed E-state index contributed by atoms with van der Waals surface area (Å²) in [6, 6.07) is 16.3. The minimum absolute atomic E-state index is 0.0623. The number of phenols is 1. The van der Waals surface area contributed by atoms with E-state index in [1.54, 1.807) is 19.2 Å². The van der Waals surface area contributed by atoms with Crippen molar-refractivity contribution in [3.05, 3.63) is 92.2 Å². The summed E-state index contributed by atoms with van der Waals surface area (Å²) in [5, 5.41) is 11.6. The van der Waals surface area contributed by atoms with Crippen molar-refractivity contribution < 1.29 is 14.3 Å². The van der Waals surface area contributed by atoms with Crippen LogP contribution in [0, 0.1) is 12.8 Å². The number of ether oxygens (including phenoxy) is 1. The van der Waals surface area contributed by atoms with E-state index in [1.165, 1.54) is 0 Å².